The molecule has 15 heavy (non-hydrogen) atoms. The second-order valence-electron chi connectivity index (χ2n) is 4.97. The molecule has 1 aliphatic carbocycles. The molecule has 0 spiro atoms. The summed E-state index contributed by atoms with van der Waals surface area (Å²) in [5.41, 5.74) is 0. The smallest absolute Gasteiger partial charge is 0.152 e. The molecule has 0 radical (unpaired) electrons. The molecule has 90 valence electrons. The second-order valence-corrected chi connectivity index (χ2v) is 7.13. The summed E-state index contributed by atoms with van der Waals surface area (Å²) in [4.78, 5) is 0. The molecule has 3 nitrogen and oxygen atoms in total. The van der Waals surface area contributed by atoms with Crippen LogP contribution in [0.25, 0.3) is 0 Å². The number of hydrogen-bond donors (Lipinski definition) is 1. The van der Waals surface area contributed by atoms with E-state index in [0.717, 1.165) is 6.54 Å². The lowest BCUT2D eigenvalue weighted by Crippen LogP contribution is -2.38. The zero-order valence-corrected chi connectivity index (χ0v) is 10.8. The van der Waals surface area contributed by atoms with Crippen LogP contribution < -0.4 is 5.32 Å². The largest absolute Gasteiger partial charge is 0.313 e. The van der Waals surface area contributed by atoms with Crippen molar-refractivity contribution in [3.8, 4) is 0 Å². The van der Waals surface area contributed by atoms with Gasteiger partial charge in [0.05, 0.1) is 11.5 Å². The second kappa shape index (κ2) is 5.30. The number of nitrogens with one attached hydrogen (secondary N) is 1. The summed E-state index contributed by atoms with van der Waals surface area (Å²) in [6.45, 7) is 6.80. The minimum absolute atomic E-state index is 0.193. The third kappa shape index (κ3) is 4.98. The topological polar surface area (TPSA) is 46.2 Å². The molecule has 0 aromatic rings. The molecule has 0 aromatic heterocycles. The van der Waals surface area contributed by atoms with Crippen LogP contribution in [0.1, 0.15) is 33.6 Å². The van der Waals surface area contributed by atoms with Crippen LogP contribution in [0.15, 0.2) is 0 Å². The van der Waals surface area contributed by atoms with Crippen molar-refractivity contribution in [2.45, 2.75) is 39.7 Å². The first kappa shape index (κ1) is 13.0. The summed E-state index contributed by atoms with van der Waals surface area (Å²) in [7, 11) is -2.87. The van der Waals surface area contributed by atoms with Crippen molar-refractivity contribution < 1.29 is 8.42 Å². The van der Waals surface area contributed by atoms with Crippen molar-refractivity contribution in [2.24, 2.45) is 11.8 Å². The average Bonchev–Trinajstić information content (AvgIpc) is 2.81. The minimum Gasteiger partial charge on any atom is -0.313 e. The van der Waals surface area contributed by atoms with Crippen LogP contribution >= 0.6 is 0 Å². The molecule has 1 aliphatic rings. The molecule has 0 saturated heterocycles. The van der Waals surface area contributed by atoms with E-state index in [0.29, 0.717) is 17.4 Å². The quantitative estimate of drug-likeness (QED) is 0.724. The van der Waals surface area contributed by atoms with Crippen LogP contribution in [-0.4, -0.2) is 32.5 Å². The van der Waals surface area contributed by atoms with Crippen molar-refractivity contribution in [3.05, 3.63) is 0 Å². The van der Waals surface area contributed by atoms with E-state index in [4.69, 9.17) is 0 Å². The standard InChI is InChI=1S/C11H23NO2S/c1-4-12-11(10-5-6-10)8-15(13,14)7-9(2)3/h9-12H,4-8H2,1-3H3. The number of hydrogen-bond acceptors (Lipinski definition) is 3. The molecule has 1 saturated carbocycles. The predicted molar refractivity (Wildman–Crippen MR) is 63.7 cm³/mol. The first-order valence-corrected chi connectivity index (χ1v) is 7.70. The molecule has 1 fully saturated rings. The summed E-state index contributed by atoms with van der Waals surface area (Å²) in [6.07, 6.45) is 2.38. The Hall–Kier alpha value is -0.0900. The number of sulfone groups is 1. The van der Waals surface area contributed by atoms with E-state index in [1.807, 2.05) is 20.8 Å². The van der Waals surface area contributed by atoms with Crippen molar-refractivity contribution in [1.82, 2.24) is 5.32 Å². The van der Waals surface area contributed by atoms with Crippen molar-refractivity contribution in [1.29, 1.82) is 0 Å². The Bertz CT molecular complexity index is 281. The van der Waals surface area contributed by atoms with Crippen LogP contribution in [0.2, 0.25) is 0 Å². The molecule has 0 aliphatic heterocycles. The zero-order chi connectivity index (χ0) is 11.5. The third-order valence-electron chi connectivity index (χ3n) is 2.68. The molecule has 1 N–H and O–H groups in total. The third-order valence-corrected chi connectivity index (χ3v) is 4.72. The fourth-order valence-electron chi connectivity index (χ4n) is 1.97. The lowest BCUT2D eigenvalue weighted by molar-refractivity contribution is 0.499. The van der Waals surface area contributed by atoms with Crippen molar-refractivity contribution >= 4 is 9.84 Å². The van der Waals surface area contributed by atoms with Gasteiger partial charge in [-0.1, -0.05) is 20.8 Å². The summed E-state index contributed by atoms with van der Waals surface area (Å²) in [5.74, 6) is 1.48. The maximum Gasteiger partial charge on any atom is 0.152 e. The molecule has 0 amide bonds. The first-order valence-electron chi connectivity index (χ1n) is 5.88. The van der Waals surface area contributed by atoms with Gasteiger partial charge in [-0.15, -0.1) is 0 Å². The Labute approximate surface area is 93.6 Å². The molecule has 0 heterocycles. The van der Waals surface area contributed by atoms with E-state index in [2.05, 4.69) is 5.32 Å². The monoisotopic (exact) mass is 233 g/mol. The fraction of sp³-hybridized carbons (Fsp3) is 1.00. The van der Waals surface area contributed by atoms with Gasteiger partial charge in [-0.25, -0.2) is 8.42 Å². The van der Waals surface area contributed by atoms with E-state index >= 15 is 0 Å². The Morgan fingerprint density at radius 3 is 2.27 bits per heavy atom. The van der Waals surface area contributed by atoms with E-state index in [-0.39, 0.29) is 12.0 Å². The van der Waals surface area contributed by atoms with E-state index < -0.39 is 9.84 Å². The molecule has 1 unspecified atom stereocenters. The van der Waals surface area contributed by atoms with Gasteiger partial charge in [-0.3, -0.25) is 0 Å². The van der Waals surface area contributed by atoms with Crippen molar-refractivity contribution in [3.63, 3.8) is 0 Å². The van der Waals surface area contributed by atoms with Crippen LogP contribution in [-0.2, 0) is 9.84 Å². The van der Waals surface area contributed by atoms with Gasteiger partial charge in [0.15, 0.2) is 9.84 Å². The molecule has 1 rings (SSSR count). The summed E-state index contributed by atoms with van der Waals surface area (Å²) >= 11 is 0. The normalized spacial score (nSPS) is 19.5. The molecular formula is C11H23NO2S. The van der Waals surface area contributed by atoms with E-state index in [1.54, 1.807) is 0 Å². The highest BCUT2D eigenvalue weighted by atomic mass is 32.2. The Balaban J connectivity index is 2.48. The molecule has 1 atom stereocenters. The summed E-state index contributed by atoms with van der Waals surface area (Å²) in [6, 6.07) is 0.193. The fourth-order valence-corrected chi connectivity index (χ4v) is 4.06. The van der Waals surface area contributed by atoms with Gasteiger partial charge in [0.2, 0.25) is 0 Å². The molecular weight excluding hydrogens is 210 g/mol. The van der Waals surface area contributed by atoms with Gasteiger partial charge in [-0.2, -0.15) is 0 Å². The van der Waals surface area contributed by atoms with Crippen LogP contribution in [0, 0.1) is 11.8 Å². The van der Waals surface area contributed by atoms with Crippen LogP contribution in [0.5, 0.6) is 0 Å². The van der Waals surface area contributed by atoms with Gasteiger partial charge in [0, 0.05) is 6.04 Å². The van der Waals surface area contributed by atoms with Crippen LogP contribution in [0.4, 0.5) is 0 Å². The summed E-state index contributed by atoms with van der Waals surface area (Å²) < 4.78 is 23.6. The summed E-state index contributed by atoms with van der Waals surface area (Å²) in [5, 5.41) is 3.29. The van der Waals surface area contributed by atoms with E-state index in [9.17, 15) is 8.42 Å². The maximum atomic E-state index is 11.8. The van der Waals surface area contributed by atoms with Crippen molar-refractivity contribution in [2.75, 3.05) is 18.1 Å². The molecule has 0 bridgehead atoms. The van der Waals surface area contributed by atoms with Gasteiger partial charge in [-0.05, 0) is 31.2 Å². The lowest BCUT2D eigenvalue weighted by atomic mass is 10.2. The number of rotatable bonds is 7. The van der Waals surface area contributed by atoms with Gasteiger partial charge < -0.3 is 5.32 Å². The first-order chi connectivity index (χ1) is 6.94. The molecule has 4 heteroatoms. The van der Waals surface area contributed by atoms with Gasteiger partial charge >= 0.3 is 0 Å². The van der Waals surface area contributed by atoms with Gasteiger partial charge in [0.1, 0.15) is 0 Å². The SMILES string of the molecule is CCNC(CS(=O)(=O)CC(C)C)C1CC1. The predicted octanol–water partition coefficient (Wildman–Crippen LogP) is 1.45. The zero-order valence-electron chi connectivity index (χ0n) is 9.99. The lowest BCUT2D eigenvalue weighted by Gasteiger charge is -2.17. The van der Waals surface area contributed by atoms with Gasteiger partial charge in [0.25, 0.3) is 0 Å². The highest BCUT2D eigenvalue weighted by Gasteiger charge is 2.33. The minimum atomic E-state index is -2.87. The Morgan fingerprint density at radius 1 is 1.27 bits per heavy atom. The Morgan fingerprint density at radius 2 is 1.87 bits per heavy atom. The van der Waals surface area contributed by atoms with E-state index in [1.165, 1.54) is 12.8 Å². The molecule has 0 aromatic carbocycles. The highest BCUT2D eigenvalue weighted by Crippen LogP contribution is 2.33. The van der Waals surface area contributed by atoms with Crippen LogP contribution in [0.3, 0.4) is 0 Å². The average molecular weight is 233 g/mol. The highest BCUT2D eigenvalue weighted by molar-refractivity contribution is 7.91. The maximum absolute atomic E-state index is 11.8. The Kier molecular flexibility index (Phi) is 4.59.